The van der Waals surface area contributed by atoms with Gasteiger partial charge in [-0.1, -0.05) is 6.42 Å². The van der Waals surface area contributed by atoms with E-state index in [0.29, 0.717) is 5.84 Å². The molecule has 0 aromatic rings. The maximum absolute atomic E-state index is 7.16. The van der Waals surface area contributed by atoms with Gasteiger partial charge in [0.25, 0.3) is 0 Å². The summed E-state index contributed by atoms with van der Waals surface area (Å²) < 4.78 is 0. The fourth-order valence-corrected chi connectivity index (χ4v) is 2.53. The molecular formula is C12H25N3. The van der Waals surface area contributed by atoms with Crippen molar-refractivity contribution in [1.82, 2.24) is 4.90 Å². The lowest BCUT2D eigenvalue weighted by Gasteiger charge is -2.39. The third-order valence-corrected chi connectivity index (χ3v) is 3.49. The van der Waals surface area contributed by atoms with Gasteiger partial charge in [-0.05, 0) is 46.1 Å². The average Bonchev–Trinajstić information content (AvgIpc) is 2.15. The van der Waals surface area contributed by atoms with Crippen LogP contribution in [-0.2, 0) is 0 Å². The second-order valence-corrected chi connectivity index (χ2v) is 4.85. The number of hydrogen-bond donors (Lipinski definition) is 2. The van der Waals surface area contributed by atoms with Crippen LogP contribution in [0.1, 0.15) is 52.4 Å². The zero-order chi connectivity index (χ0) is 11.3. The monoisotopic (exact) mass is 211 g/mol. The van der Waals surface area contributed by atoms with Gasteiger partial charge in [0.05, 0.1) is 5.84 Å². The first kappa shape index (κ1) is 12.5. The maximum atomic E-state index is 7.16. The first-order valence-corrected chi connectivity index (χ1v) is 6.20. The Morgan fingerprint density at radius 3 is 2.40 bits per heavy atom. The molecule has 0 radical (unpaired) electrons. The van der Waals surface area contributed by atoms with E-state index in [2.05, 4.69) is 18.7 Å². The van der Waals surface area contributed by atoms with E-state index in [1.54, 1.807) is 0 Å². The van der Waals surface area contributed by atoms with Gasteiger partial charge in [0.1, 0.15) is 0 Å². The highest BCUT2D eigenvalue weighted by Gasteiger charge is 2.23. The first-order chi connectivity index (χ1) is 7.11. The van der Waals surface area contributed by atoms with Crippen molar-refractivity contribution in [3.63, 3.8) is 0 Å². The molecule has 1 fully saturated rings. The van der Waals surface area contributed by atoms with Gasteiger partial charge in [-0.15, -0.1) is 0 Å². The summed E-state index contributed by atoms with van der Waals surface area (Å²) in [5, 5.41) is 7.16. The Balaban J connectivity index is 2.20. The smallest absolute Gasteiger partial charge is 0.0905 e. The second kappa shape index (κ2) is 6.11. The van der Waals surface area contributed by atoms with Gasteiger partial charge in [0.2, 0.25) is 0 Å². The van der Waals surface area contributed by atoms with Crippen LogP contribution in [0.3, 0.4) is 0 Å². The van der Waals surface area contributed by atoms with Gasteiger partial charge < -0.3 is 5.73 Å². The van der Waals surface area contributed by atoms with Crippen molar-refractivity contribution in [2.24, 2.45) is 5.73 Å². The molecule has 0 saturated carbocycles. The Hall–Kier alpha value is -0.570. The van der Waals surface area contributed by atoms with E-state index in [0.717, 1.165) is 24.9 Å². The summed E-state index contributed by atoms with van der Waals surface area (Å²) in [7, 11) is 0. The largest absolute Gasteiger partial charge is 0.388 e. The van der Waals surface area contributed by atoms with Crippen molar-refractivity contribution in [3.05, 3.63) is 0 Å². The fourth-order valence-electron chi connectivity index (χ4n) is 2.53. The van der Waals surface area contributed by atoms with Crippen LogP contribution < -0.4 is 5.73 Å². The minimum atomic E-state index is 0.328. The third kappa shape index (κ3) is 4.20. The molecule has 3 nitrogen and oxygen atoms in total. The van der Waals surface area contributed by atoms with Crippen LogP contribution >= 0.6 is 0 Å². The third-order valence-electron chi connectivity index (χ3n) is 3.49. The van der Waals surface area contributed by atoms with Crippen LogP contribution in [0.15, 0.2) is 0 Å². The maximum Gasteiger partial charge on any atom is 0.0905 e. The summed E-state index contributed by atoms with van der Waals surface area (Å²) in [4.78, 5) is 2.61. The second-order valence-electron chi connectivity index (χ2n) is 4.85. The Labute approximate surface area is 93.5 Å². The fraction of sp³-hybridized carbons (Fsp3) is 0.917. The summed E-state index contributed by atoms with van der Waals surface area (Å²) >= 11 is 0. The van der Waals surface area contributed by atoms with Crippen LogP contribution in [-0.4, -0.2) is 29.4 Å². The minimum Gasteiger partial charge on any atom is -0.388 e. The van der Waals surface area contributed by atoms with Crippen LogP contribution in [0.5, 0.6) is 0 Å². The normalized spacial score (nSPS) is 27.9. The quantitative estimate of drug-likeness (QED) is 0.417. The van der Waals surface area contributed by atoms with Crippen LogP contribution in [0.25, 0.3) is 0 Å². The standard InChI is InChI=1S/C12H25N3/c1-10-6-5-7-11(2)15(10)9-4-3-8-12(13)14/h10-11H,3-9H2,1-2H3,(H3,13,14)/t10-,11+. The minimum absolute atomic E-state index is 0.328. The molecule has 0 spiro atoms. The zero-order valence-electron chi connectivity index (χ0n) is 10.1. The number of rotatable bonds is 5. The number of hydrogen-bond acceptors (Lipinski definition) is 2. The number of piperidine rings is 1. The molecule has 1 heterocycles. The molecular weight excluding hydrogens is 186 g/mol. The molecule has 3 N–H and O–H groups in total. The number of unbranched alkanes of at least 4 members (excludes halogenated alkanes) is 1. The van der Waals surface area contributed by atoms with Crippen LogP contribution in [0.2, 0.25) is 0 Å². The molecule has 0 bridgehead atoms. The molecule has 88 valence electrons. The van der Waals surface area contributed by atoms with Crippen molar-refractivity contribution >= 4 is 5.84 Å². The van der Waals surface area contributed by atoms with E-state index >= 15 is 0 Å². The van der Waals surface area contributed by atoms with Gasteiger partial charge in [-0.3, -0.25) is 10.3 Å². The number of likely N-dealkylation sites (tertiary alicyclic amines) is 1. The summed E-state index contributed by atoms with van der Waals surface area (Å²) in [5.41, 5.74) is 5.34. The Kier molecular flexibility index (Phi) is 5.09. The lowest BCUT2D eigenvalue weighted by Crippen LogP contribution is -2.44. The molecule has 0 aliphatic carbocycles. The molecule has 1 aliphatic rings. The van der Waals surface area contributed by atoms with Crippen molar-refractivity contribution in [3.8, 4) is 0 Å². The van der Waals surface area contributed by atoms with E-state index in [4.69, 9.17) is 11.1 Å². The lowest BCUT2D eigenvalue weighted by molar-refractivity contribution is 0.102. The number of nitrogens with two attached hydrogens (primary N) is 1. The van der Waals surface area contributed by atoms with Gasteiger partial charge in [0.15, 0.2) is 0 Å². The molecule has 0 aromatic carbocycles. The molecule has 0 amide bonds. The van der Waals surface area contributed by atoms with Crippen molar-refractivity contribution in [2.75, 3.05) is 6.54 Å². The highest BCUT2D eigenvalue weighted by molar-refractivity contribution is 5.76. The highest BCUT2D eigenvalue weighted by atomic mass is 15.2. The predicted molar refractivity (Wildman–Crippen MR) is 65.2 cm³/mol. The molecule has 0 unspecified atom stereocenters. The van der Waals surface area contributed by atoms with E-state index in [1.165, 1.54) is 32.2 Å². The SMILES string of the molecule is C[C@@H]1CCC[C@H](C)N1CCCCC(=N)N. The van der Waals surface area contributed by atoms with E-state index in [1.807, 2.05) is 0 Å². The molecule has 1 saturated heterocycles. The number of nitrogens with one attached hydrogen (secondary N) is 1. The summed E-state index contributed by atoms with van der Waals surface area (Å²) in [6.45, 7) is 5.84. The van der Waals surface area contributed by atoms with Crippen molar-refractivity contribution in [1.29, 1.82) is 5.41 Å². The molecule has 15 heavy (non-hydrogen) atoms. The lowest BCUT2D eigenvalue weighted by atomic mass is 9.97. The Morgan fingerprint density at radius 2 is 1.87 bits per heavy atom. The summed E-state index contributed by atoms with van der Waals surface area (Å²) in [6, 6.07) is 1.48. The molecule has 1 aliphatic heterocycles. The molecule has 1 rings (SSSR count). The number of amidine groups is 1. The summed E-state index contributed by atoms with van der Waals surface area (Å²) in [5.74, 6) is 0.328. The molecule has 2 atom stereocenters. The molecule has 3 heteroatoms. The zero-order valence-corrected chi connectivity index (χ0v) is 10.1. The average molecular weight is 211 g/mol. The van der Waals surface area contributed by atoms with Crippen LogP contribution in [0.4, 0.5) is 0 Å². The topological polar surface area (TPSA) is 53.1 Å². The van der Waals surface area contributed by atoms with Crippen molar-refractivity contribution < 1.29 is 0 Å². The van der Waals surface area contributed by atoms with Gasteiger partial charge in [0, 0.05) is 18.5 Å². The van der Waals surface area contributed by atoms with Crippen LogP contribution in [0, 0.1) is 5.41 Å². The predicted octanol–water partition coefficient (Wildman–Crippen LogP) is 2.36. The molecule has 0 aromatic heterocycles. The number of nitrogens with zero attached hydrogens (tertiary/aromatic N) is 1. The Bertz CT molecular complexity index is 193. The van der Waals surface area contributed by atoms with E-state index in [9.17, 15) is 0 Å². The van der Waals surface area contributed by atoms with Crippen molar-refractivity contribution in [2.45, 2.75) is 64.5 Å². The first-order valence-electron chi connectivity index (χ1n) is 6.20. The van der Waals surface area contributed by atoms with E-state index < -0.39 is 0 Å². The summed E-state index contributed by atoms with van der Waals surface area (Å²) in [6.07, 6.45) is 7.07. The highest BCUT2D eigenvalue weighted by Crippen LogP contribution is 2.22. The van der Waals surface area contributed by atoms with Gasteiger partial charge >= 0.3 is 0 Å². The van der Waals surface area contributed by atoms with E-state index in [-0.39, 0.29) is 0 Å². The van der Waals surface area contributed by atoms with Gasteiger partial charge in [-0.25, -0.2) is 0 Å². The Morgan fingerprint density at radius 1 is 1.27 bits per heavy atom. The van der Waals surface area contributed by atoms with Gasteiger partial charge in [-0.2, -0.15) is 0 Å².